The molecule has 1 aliphatic heterocycles. The second-order valence-electron chi connectivity index (χ2n) is 5.73. The van der Waals surface area contributed by atoms with Crippen LogP contribution in [0.25, 0.3) is 0 Å². The lowest BCUT2D eigenvalue weighted by Crippen LogP contribution is -2.51. The van der Waals surface area contributed by atoms with Crippen LogP contribution < -0.4 is 5.32 Å². The molecule has 24 heavy (non-hydrogen) atoms. The zero-order valence-corrected chi connectivity index (χ0v) is 14.1. The first-order valence-corrected chi connectivity index (χ1v) is 8.17. The van der Waals surface area contributed by atoms with Gasteiger partial charge in [-0.1, -0.05) is 11.6 Å². The van der Waals surface area contributed by atoms with Gasteiger partial charge in [0.2, 0.25) is 0 Å². The number of aromatic amines is 1. The fourth-order valence-electron chi connectivity index (χ4n) is 2.70. The Hall–Kier alpha value is -2.47. The minimum atomic E-state index is -0.165. The normalized spacial score (nSPS) is 14.6. The van der Waals surface area contributed by atoms with Crippen molar-refractivity contribution in [3.8, 4) is 0 Å². The summed E-state index contributed by atoms with van der Waals surface area (Å²) in [6.45, 7) is 3.95. The zero-order valence-electron chi connectivity index (χ0n) is 13.4. The molecule has 6 nitrogen and oxygen atoms in total. The highest BCUT2D eigenvalue weighted by atomic mass is 35.5. The van der Waals surface area contributed by atoms with Gasteiger partial charge in [-0.2, -0.15) is 0 Å². The summed E-state index contributed by atoms with van der Waals surface area (Å²) in [4.78, 5) is 31.2. The van der Waals surface area contributed by atoms with Gasteiger partial charge in [-0.05, 0) is 37.3 Å². The maximum Gasteiger partial charge on any atom is 0.321 e. The van der Waals surface area contributed by atoms with Crippen LogP contribution in [0.15, 0.2) is 36.5 Å². The van der Waals surface area contributed by atoms with Gasteiger partial charge in [-0.25, -0.2) is 4.79 Å². The Morgan fingerprint density at radius 2 is 1.67 bits per heavy atom. The summed E-state index contributed by atoms with van der Waals surface area (Å²) < 4.78 is 0. The van der Waals surface area contributed by atoms with Crippen molar-refractivity contribution in [2.24, 2.45) is 0 Å². The van der Waals surface area contributed by atoms with Crippen molar-refractivity contribution in [2.45, 2.75) is 6.92 Å². The molecule has 0 atom stereocenters. The summed E-state index contributed by atoms with van der Waals surface area (Å²) >= 11 is 5.83. The highest BCUT2D eigenvalue weighted by molar-refractivity contribution is 6.30. The van der Waals surface area contributed by atoms with E-state index in [0.717, 1.165) is 5.69 Å². The molecule has 2 heterocycles. The van der Waals surface area contributed by atoms with Crippen LogP contribution >= 0.6 is 11.6 Å². The fraction of sp³-hybridized carbons (Fsp3) is 0.294. The van der Waals surface area contributed by atoms with Crippen molar-refractivity contribution in [2.75, 3.05) is 31.5 Å². The van der Waals surface area contributed by atoms with Crippen molar-refractivity contribution in [1.29, 1.82) is 0 Å². The lowest BCUT2D eigenvalue weighted by atomic mass is 10.2. The highest BCUT2D eigenvalue weighted by Crippen LogP contribution is 2.15. The Kier molecular flexibility index (Phi) is 4.76. The number of hydrogen-bond acceptors (Lipinski definition) is 2. The largest absolute Gasteiger partial charge is 0.365 e. The van der Waals surface area contributed by atoms with Crippen LogP contribution in [0.5, 0.6) is 0 Å². The van der Waals surface area contributed by atoms with E-state index in [0.29, 0.717) is 42.5 Å². The van der Waals surface area contributed by atoms with Crippen LogP contribution in [0.1, 0.15) is 16.1 Å². The lowest BCUT2D eigenvalue weighted by molar-refractivity contribution is 0.0671. The average molecular weight is 347 g/mol. The van der Waals surface area contributed by atoms with Crippen molar-refractivity contribution in [1.82, 2.24) is 14.8 Å². The number of nitrogens with one attached hydrogen (secondary N) is 2. The number of aromatic nitrogens is 1. The van der Waals surface area contributed by atoms with Crippen LogP contribution in [0.3, 0.4) is 0 Å². The quantitative estimate of drug-likeness (QED) is 0.877. The number of H-pyrrole nitrogens is 1. The molecule has 3 amide bonds. The number of hydrogen-bond donors (Lipinski definition) is 2. The zero-order chi connectivity index (χ0) is 17.1. The van der Waals surface area contributed by atoms with Gasteiger partial charge in [0.25, 0.3) is 5.91 Å². The molecule has 0 unspecified atom stereocenters. The molecule has 126 valence electrons. The molecule has 3 rings (SSSR count). The van der Waals surface area contributed by atoms with E-state index in [2.05, 4.69) is 10.3 Å². The number of benzene rings is 1. The highest BCUT2D eigenvalue weighted by Gasteiger charge is 2.25. The number of carbonyl (C=O) groups excluding carboxylic acids is 2. The third kappa shape index (κ3) is 3.54. The molecule has 0 spiro atoms. The summed E-state index contributed by atoms with van der Waals surface area (Å²) in [6, 6.07) is 8.60. The Bertz CT molecular complexity index is 733. The third-order valence-electron chi connectivity index (χ3n) is 4.13. The molecule has 2 aromatic rings. The van der Waals surface area contributed by atoms with Gasteiger partial charge in [-0.15, -0.1) is 0 Å². The fourth-order valence-corrected chi connectivity index (χ4v) is 2.83. The maximum atomic E-state index is 12.5. The molecule has 0 radical (unpaired) electrons. The van der Waals surface area contributed by atoms with Crippen LogP contribution in [0.2, 0.25) is 5.02 Å². The van der Waals surface area contributed by atoms with Crippen molar-refractivity contribution in [3.05, 3.63) is 52.8 Å². The number of halogens is 1. The van der Waals surface area contributed by atoms with Gasteiger partial charge < -0.3 is 20.1 Å². The molecule has 0 aliphatic carbocycles. The molecule has 1 fully saturated rings. The topological polar surface area (TPSA) is 68.4 Å². The average Bonchev–Trinajstić information content (AvgIpc) is 3.02. The van der Waals surface area contributed by atoms with E-state index in [9.17, 15) is 9.59 Å². The monoisotopic (exact) mass is 346 g/mol. The summed E-state index contributed by atoms with van der Waals surface area (Å²) in [7, 11) is 0. The van der Waals surface area contributed by atoms with Crippen molar-refractivity contribution >= 4 is 29.2 Å². The van der Waals surface area contributed by atoms with Crippen molar-refractivity contribution < 1.29 is 9.59 Å². The van der Waals surface area contributed by atoms with E-state index in [1.807, 2.05) is 6.92 Å². The standard InChI is InChI=1S/C17H19ClN4O2/c1-12-15(6-7-19-12)16(23)21-8-10-22(11-9-21)17(24)20-14-4-2-13(18)3-5-14/h2-7,19H,8-11H2,1H3,(H,20,24). The van der Waals surface area contributed by atoms with Crippen molar-refractivity contribution in [3.63, 3.8) is 0 Å². The number of carbonyl (C=O) groups is 2. The predicted octanol–water partition coefficient (Wildman–Crippen LogP) is 2.97. The number of rotatable bonds is 2. The molecular formula is C17H19ClN4O2. The Morgan fingerprint density at radius 3 is 2.25 bits per heavy atom. The van der Waals surface area contributed by atoms with Gasteiger partial charge in [-0.3, -0.25) is 4.79 Å². The van der Waals surface area contributed by atoms with Crippen LogP contribution in [0, 0.1) is 6.92 Å². The molecule has 2 N–H and O–H groups in total. The summed E-state index contributed by atoms with van der Waals surface area (Å²) in [5.41, 5.74) is 2.25. The first-order valence-electron chi connectivity index (χ1n) is 7.79. The molecular weight excluding hydrogens is 328 g/mol. The summed E-state index contributed by atoms with van der Waals surface area (Å²) in [5.74, 6) is 0.00603. The van der Waals surface area contributed by atoms with Gasteiger partial charge in [0.05, 0.1) is 5.56 Å². The number of amides is 3. The van der Waals surface area contributed by atoms with Crippen LogP contribution in [-0.4, -0.2) is 52.9 Å². The predicted molar refractivity (Wildman–Crippen MR) is 93.5 cm³/mol. The molecule has 7 heteroatoms. The first-order chi connectivity index (χ1) is 11.5. The van der Waals surface area contributed by atoms with Crippen LogP contribution in [0.4, 0.5) is 10.5 Å². The molecule has 1 saturated heterocycles. The Labute approximate surface area is 145 Å². The SMILES string of the molecule is Cc1[nH]ccc1C(=O)N1CCN(C(=O)Nc2ccc(Cl)cc2)CC1. The van der Waals surface area contributed by atoms with E-state index in [-0.39, 0.29) is 11.9 Å². The van der Waals surface area contributed by atoms with Crippen LogP contribution in [-0.2, 0) is 0 Å². The number of aryl methyl sites for hydroxylation is 1. The minimum absolute atomic E-state index is 0.00603. The summed E-state index contributed by atoms with van der Waals surface area (Å²) in [5, 5.41) is 3.46. The maximum absolute atomic E-state index is 12.5. The van der Waals surface area contributed by atoms with E-state index in [4.69, 9.17) is 11.6 Å². The molecule has 0 bridgehead atoms. The van der Waals surface area contributed by atoms with Gasteiger partial charge in [0.15, 0.2) is 0 Å². The molecule has 1 aliphatic rings. The lowest BCUT2D eigenvalue weighted by Gasteiger charge is -2.34. The van der Waals surface area contributed by atoms with Gasteiger partial charge in [0.1, 0.15) is 0 Å². The first kappa shape index (κ1) is 16.4. The number of urea groups is 1. The Morgan fingerprint density at radius 1 is 1.04 bits per heavy atom. The number of anilines is 1. The molecule has 0 saturated carbocycles. The molecule has 1 aromatic carbocycles. The molecule has 1 aromatic heterocycles. The van der Waals surface area contributed by atoms with E-state index < -0.39 is 0 Å². The van der Waals surface area contributed by atoms with E-state index >= 15 is 0 Å². The Balaban J connectivity index is 1.55. The van der Waals surface area contributed by atoms with E-state index in [1.54, 1.807) is 46.3 Å². The van der Waals surface area contributed by atoms with Gasteiger partial charge in [0, 0.05) is 48.8 Å². The smallest absolute Gasteiger partial charge is 0.321 e. The minimum Gasteiger partial charge on any atom is -0.365 e. The second-order valence-corrected chi connectivity index (χ2v) is 6.17. The number of nitrogens with zero attached hydrogens (tertiary/aromatic N) is 2. The van der Waals surface area contributed by atoms with Gasteiger partial charge >= 0.3 is 6.03 Å². The third-order valence-corrected chi connectivity index (χ3v) is 4.39. The second kappa shape index (κ2) is 6.97. The number of piperazine rings is 1. The van der Waals surface area contributed by atoms with E-state index in [1.165, 1.54) is 0 Å². The summed E-state index contributed by atoms with van der Waals surface area (Å²) in [6.07, 6.45) is 1.76.